The second-order valence-electron chi connectivity index (χ2n) is 7.44. The summed E-state index contributed by atoms with van der Waals surface area (Å²) in [6, 6.07) is 17.1. The second-order valence-corrected chi connectivity index (χ2v) is 8.35. The van der Waals surface area contributed by atoms with Gasteiger partial charge in [-0.05, 0) is 42.8 Å². The smallest absolute Gasteiger partial charge is 0.292 e. The molecule has 5 nitrogen and oxygen atoms in total. The molecule has 0 N–H and O–H groups in total. The minimum Gasteiger partial charge on any atom is -0.292 e. The first-order chi connectivity index (χ1) is 14.5. The van der Waals surface area contributed by atoms with Crippen LogP contribution in [0.4, 0.5) is 0 Å². The molecule has 2 heterocycles. The predicted molar refractivity (Wildman–Crippen MR) is 121 cm³/mol. The average molecular weight is 419 g/mol. The minimum absolute atomic E-state index is 0.0957. The lowest BCUT2D eigenvalue weighted by Crippen LogP contribution is -2.41. The number of fused-ring (bicyclic) bond motifs is 1. The van der Waals surface area contributed by atoms with Crippen LogP contribution >= 0.6 is 11.3 Å². The topological polar surface area (TPSA) is 61.1 Å². The molecular formula is C24H22N2O3S. The van der Waals surface area contributed by atoms with Crippen molar-refractivity contribution in [3.63, 3.8) is 0 Å². The first kappa shape index (κ1) is 20.0. The van der Waals surface area contributed by atoms with Crippen LogP contribution in [0.1, 0.15) is 27.0 Å². The van der Waals surface area contributed by atoms with Crippen LogP contribution in [0.3, 0.4) is 0 Å². The Balaban J connectivity index is 1.74. The molecule has 0 fully saturated rings. The largest absolute Gasteiger partial charge is 0.331 e. The number of ketones is 1. The highest BCUT2D eigenvalue weighted by molar-refractivity contribution is 7.17. The Kier molecular flexibility index (Phi) is 5.50. The summed E-state index contributed by atoms with van der Waals surface area (Å²) in [5.74, 6) is -0.143. The summed E-state index contributed by atoms with van der Waals surface area (Å²) >= 11 is 1.30. The number of hydrogen-bond acceptors (Lipinski definition) is 4. The number of nitrogens with zero attached hydrogens (tertiary/aromatic N) is 2. The van der Waals surface area contributed by atoms with Gasteiger partial charge in [0, 0.05) is 12.1 Å². The molecule has 30 heavy (non-hydrogen) atoms. The van der Waals surface area contributed by atoms with Crippen LogP contribution in [0, 0.1) is 13.8 Å². The highest BCUT2D eigenvalue weighted by Crippen LogP contribution is 2.17. The molecule has 4 aromatic rings. The zero-order valence-electron chi connectivity index (χ0n) is 16.9. The van der Waals surface area contributed by atoms with Crippen LogP contribution in [0.5, 0.6) is 0 Å². The van der Waals surface area contributed by atoms with Crippen molar-refractivity contribution >= 4 is 27.3 Å². The van der Waals surface area contributed by atoms with Gasteiger partial charge in [-0.2, -0.15) is 0 Å². The Morgan fingerprint density at radius 3 is 2.47 bits per heavy atom. The number of Topliss-reactive ketones (excluding diaryl/α,β-unsaturated/α-hetero) is 1. The normalized spacial score (nSPS) is 11.1. The zero-order chi connectivity index (χ0) is 21.3. The van der Waals surface area contributed by atoms with Crippen molar-refractivity contribution in [3.05, 3.63) is 103 Å². The molecule has 0 unspecified atom stereocenters. The molecule has 0 saturated heterocycles. The quantitative estimate of drug-likeness (QED) is 0.445. The van der Waals surface area contributed by atoms with Crippen LogP contribution in [0.2, 0.25) is 0 Å². The lowest BCUT2D eigenvalue weighted by atomic mass is 10.0. The molecule has 0 amide bonds. The number of rotatable bonds is 6. The van der Waals surface area contributed by atoms with Gasteiger partial charge in [-0.1, -0.05) is 54.1 Å². The monoisotopic (exact) mass is 418 g/mol. The molecule has 0 atom stereocenters. The van der Waals surface area contributed by atoms with Crippen molar-refractivity contribution in [2.24, 2.45) is 0 Å². The molecule has 0 aliphatic heterocycles. The Bertz CT molecular complexity index is 1350. The van der Waals surface area contributed by atoms with Crippen molar-refractivity contribution < 1.29 is 4.79 Å². The van der Waals surface area contributed by atoms with E-state index in [-0.39, 0.29) is 24.4 Å². The maximum Gasteiger partial charge on any atom is 0.331 e. The van der Waals surface area contributed by atoms with E-state index >= 15 is 0 Å². The molecule has 0 spiro atoms. The van der Waals surface area contributed by atoms with E-state index in [9.17, 15) is 14.4 Å². The summed E-state index contributed by atoms with van der Waals surface area (Å²) in [7, 11) is 0. The molecule has 2 aromatic heterocycles. The summed E-state index contributed by atoms with van der Waals surface area (Å²) < 4.78 is 3.18. The predicted octanol–water partition coefficient (Wildman–Crippen LogP) is 3.97. The number of aryl methyl sites for hydroxylation is 3. The average Bonchev–Trinajstić information content (AvgIpc) is 3.22. The van der Waals surface area contributed by atoms with E-state index in [1.165, 1.54) is 20.5 Å². The number of aromatic nitrogens is 2. The molecule has 152 valence electrons. The fourth-order valence-corrected chi connectivity index (χ4v) is 4.57. The molecule has 6 heteroatoms. The SMILES string of the molecule is Cc1ccc(C(=O)Cn2c(=O)n(CCc3ccccc3)c(=O)c3sccc32)c(C)c1. The molecule has 4 rings (SSSR count). The van der Waals surface area contributed by atoms with Gasteiger partial charge in [-0.15, -0.1) is 11.3 Å². The van der Waals surface area contributed by atoms with E-state index in [0.29, 0.717) is 22.2 Å². The van der Waals surface area contributed by atoms with Crippen molar-refractivity contribution in [1.82, 2.24) is 9.13 Å². The molecule has 0 saturated carbocycles. The molecule has 0 aliphatic rings. The van der Waals surface area contributed by atoms with Crippen LogP contribution in [-0.2, 0) is 19.5 Å². The van der Waals surface area contributed by atoms with Gasteiger partial charge in [0.25, 0.3) is 5.56 Å². The number of thiophene rings is 1. The fourth-order valence-electron chi connectivity index (χ4n) is 3.72. The number of hydrogen-bond donors (Lipinski definition) is 0. The summed E-state index contributed by atoms with van der Waals surface area (Å²) in [6.07, 6.45) is 0.567. The van der Waals surface area contributed by atoms with Crippen molar-refractivity contribution in [2.75, 3.05) is 0 Å². The van der Waals surface area contributed by atoms with E-state index < -0.39 is 5.69 Å². The Morgan fingerprint density at radius 1 is 0.967 bits per heavy atom. The van der Waals surface area contributed by atoms with Crippen LogP contribution < -0.4 is 11.2 Å². The lowest BCUT2D eigenvalue weighted by Gasteiger charge is -2.13. The van der Waals surface area contributed by atoms with E-state index in [1.54, 1.807) is 17.5 Å². The number of benzene rings is 2. The summed E-state index contributed by atoms with van der Waals surface area (Å²) in [5.41, 5.74) is 3.38. The van der Waals surface area contributed by atoms with Crippen LogP contribution in [0.25, 0.3) is 10.2 Å². The van der Waals surface area contributed by atoms with Gasteiger partial charge in [-0.25, -0.2) is 4.79 Å². The van der Waals surface area contributed by atoms with E-state index in [1.807, 2.05) is 56.3 Å². The van der Waals surface area contributed by atoms with Gasteiger partial charge >= 0.3 is 5.69 Å². The summed E-state index contributed by atoms with van der Waals surface area (Å²) in [4.78, 5) is 39.1. The molecule has 0 radical (unpaired) electrons. The molecule has 2 aromatic carbocycles. The maximum absolute atomic E-state index is 13.2. The minimum atomic E-state index is -0.444. The Morgan fingerprint density at radius 2 is 1.73 bits per heavy atom. The van der Waals surface area contributed by atoms with Crippen LogP contribution in [-0.4, -0.2) is 14.9 Å². The summed E-state index contributed by atoms with van der Waals surface area (Å²) in [5, 5.41) is 1.78. The zero-order valence-corrected chi connectivity index (χ0v) is 17.7. The van der Waals surface area contributed by atoms with Crippen molar-refractivity contribution in [1.29, 1.82) is 0 Å². The summed E-state index contributed by atoms with van der Waals surface area (Å²) in [6.45, 7) is 4.04. The van der Waals surface area contributed by atoms with Gasteiger partial charge in [0.15, 0.2) is 5.78 Å². The molecular weight excluding hydrogens is 396 g/mol. The first-order valence-electron chi connectivity index (χ1n) is 9.81. The Labute approximate surface area is 177 Å². The number of carbonyl (C=O) groups excluding carboxylic acids is 1. The number of carbonyl (C=O) groups is 1. The van der Waals surface area contributed by atoms with Crippen molar-refractivity contribution in [2.45, 2.75) is 33.4 Å². The van der Waals surface area contributed by atoms with Crippen molar-refractivity contribution in [3.8, 4) is 0 Å². The third-order valence-corrected chi connectivity index (χ3v) is 6.18. The third kappa shape index (κ3) is 3.78. The molecule has 0 aliphatic carbocycles. The maximum atomic E-state index is 13.2. The highest BCUT2D eigenvalue weighted by atomic mass is 32.1. The van der Waals surface area contributed by atoms with Gasteiger partial charge in [0.1, 0.15) is 4.70 Å². The standard InChI is InChI=1S/C24H22N2O3S/c1-16-8-9-19(17(2)14-16)21(27)15-26-20-11-13-30-22(20)23(28)25(24(26)29)12-10-18-6-4-3-5-7-18/h3-9,11,13-14H,10,12,15H2,1-2H3. The van der Waals surface area contributed by atoms with E-state index in [4.69, 9.17) is 0 Å². The first-order valence-corrected chi connectivity index (χ1v) is 10.7. The van der Waals surface area contributed by atoms with Gasteiger partial charge in [-0.3, -0.25) is 18.7 Å². The van der Waals surface area contributed by atoms with E-state index in [2.05, 4.69) is 0 Å². The highest BCUT2D eigenvalue weighted by Gasteiger charge is 2.18. The second kappa shape index (κ2) is 8.24. The third-order valence-electron chi connectivity index (χ3n) is 5.29. The Hall–Kier alpha value is -3.25. The lowest BCUT2D eigenvalue weighted by molar-refractivity contribution is 0.0970. The van der Waals surface area contributed by atoms with E-state index in [0.717, 1.165) is 16.7 Å². The van der Waals surface area contributed by atoms with Gasteiger partial charge in [0.2, 0.25) is 0 Å². The molecule has 0 bridgehead atoms. The fraction of sp³-hybridized carbons (Fsp3) is 0.208. The van der Waals surface area contributed by atoms with Crippen LogP contribution in [0.15, 0.2) is 69.6 Å². The van der Waals surface area contributed by atoms with Gasteiger partial charge < -0.3 is 0 Å². The van der Waals surface area contributed by atoms with Gasteiger partial charge in [0.05, 0.1) is 12.1 Å².